The van der Waals surface area contributed by atoms with Crippen LogP contribution in [0.4, 0.5) is 10.8 Å². The number of methoxy groups -OCH3 is 1. The first-order valence-electron chi connectivity index (χ1n) is 11.8. The summed E-state index contributed by atoms with van der Waals surface area (Å²) in [4.78, 5) is 23.9. The Balaban J connectivity index is 1.58. The van der Waals surface area contributed by atoms with Crippen molar-refractivity contribution in [2.75, 3.05) is 12.4 Å². The summed E-state index contributed by atoms with van der Waals surface area (Å²) >= 11 is 13.9. The lowest BCUT2D eigenvalue weighted by molar-refractivity contribution is 0.102. The van der Waals surface area contributed by atoms with Gasteiger partial charge in [-0.05, 0) is 67.9 Å². The van der Waals surface area contributed by atoms with Crippen LogP contribution in [-0.4, -0.2) is 18.0 Å². The molecule has 0 aliphatic rings. The Morgan fingerprint density at radius 2 is 1.87 bits per heavy atom. The van der Waals surface area contributed by atoms with E-state index in [-0.39, 0.29) is 11.1 Å². The number of hydrogen-bond acceptors (Lipinski definition) is 6. The van der Waals surface area contributed by atoms with Crippen LogP contribution in [0.3, 0.4) is 0 Å². The molecule has 0 unspecified atom stereocenters. The highest BCUT2D eigenvalue weighted by Crippen LogP contribution is 2.36. The number of halogens is 2. The molecule has 1 N–H and O–H groups in total. The van der Waals surface area contributed by atoms with E-state index < -0.39 is 5.91 Å². The summed E-state index contributed by atoms with van der Waals surface area (Å²) in [7, 11) is 1.59. The van der Waals surface area contributed by atoms with Crippen LogP contribution in [0.2, 0.25) is 10.0 Å². The second-order valence-corrected chi connectivity index (χ2v) is 10.5. The largest absolute Gasteiger partial charge is 0.497 e. The zero-order chi connectivity index (χ0) is 26.8. The van der Waals surface area contributed by atoms with Gasteiger partial charge in [0, 0.05) is 20.8 Å². The number of carbonyl (C=O) groups is 1. The number of anilines is 1. The van der Waals surface area contributed by atoms with Gasteiger partial charge in [-0.25, -0.2) is 9.98 Å². The number of hydrogen-bond donors (Lipinski definition) is 1. The normalized spacial score (nSPS) is 11.7. The standard InChI is InChI=1S/C29H23Cl2N3O3S/c1-4-25-26(21-11-7-18(30)15-23(21)31)33-29(38-25)34-27(35)22-14-17-13-20(36-3)10-12-24(17)37-28(22)32-19-8-5-16(2)6-9-19/h5-15H,4H2,1-3H3,(H,33,34,35). The van der Waals surface area contributed by atoms with Crippen molar-refractivity contribution >= 4 is 62.2 Å². The van der Waals surface area contributed by atoms with Crippen LogP contribution in [0.5, 0.6) is 5.75 Å². The molecule has 3 aromatic carbocycles. The van der Waals surface area contributed by atoms with Crippen molar-refractivity contribution in [3.63, 3.8) is 0 Å². The Kier molecular flexibility index (Phi) is 7.51. The summed E-state index contributed by atoms with van der Waals surface area (Å²) < 4.78 is 11.5. The predicted octanol–water partition coefficient (Wildman–Crippen LogP) is 8.23. The third kappa shape index (κ3) is 5.45. The lowest BCUT2D eigenvalue weighted by Gasteiger charge is -2.07. The Bertz CT molecular complexity index is 1730. The minimum atomic E-state index is -0.394. The van der Waals surface area contributed by atoms with Gasteiger partial charge in [0.2, 0.25) is 5.55 Å². The number of thiazole rings is 1. The van der Waals surface area contributed by atoms with Gasteiger partial charge < -0.3 is 9.15 Å². The molecule has 2 aromatic heterocycles. The van der Waals surface area contributed by atoms with E-state index in [1.165, 1.54) is 11.3 Å². The predicted molar refractivity (Wildman–Crippen MR) is 154 cm³/mol. The monoisotopic (exact) mass is 563 g/mol. The summed E-state index contributed by atoms with van der Waals surface area (Å²) in [5.41, 5.74) is 4.29. The number of rotatable bonds is 6. The molecular formula is C29H23Cl2N3O3S. The van der Waals surface area contributed by atoms with Crippen LogP contribution in [0.15, 0.2) is 76.1 Å². The number of aryl methyl sites for hydroxylation is 2. The molecule has 0 atom stereocenters. The van der Waals surface area contributed by atoms with Gasteiger partial charge in [-0.2, -0.15) is 0 Å². The molecule has 38 heavy (non-hydrogen) atoms. The molecule has 9 heteroatoms. The second-order valence-electron chi connectivity index (χ2n) is 8.54. The van der Waals surface area contributed by atoms with E-state index in [0.717, 1.165) is 22.4 Å². The molecule has 5 rings (SSSR count). The molecule has 0 bridgehead atoms. The average molecular weight is 564 g/mol. The Morgan fingerprint density at radius 3 is 2.58 bits per heavy atom. The molecule has 0 aliphatic carbocycles. The average Bonchev–Trinajstić information content (AvgIpc) is 3.31. The lowest BCUT2D eigenvalue weighted by Crippen LogP contribution is -2.21. The zero-order valence-corrected chi connectivity index (χ0v) is 23.2. The van der Waals surface area contributed by atoms with Crippen molar-refractivity contribution in [2.45, 2.75) is 20.3 Å². The molecule has 2 heterocycles. The van der Waals surface area contributed by atoms with Crippen LogP contribution < -0.4 is 15.6 Å². The van der Waals surface area contributed by atoms with Gasteiger partial charge in [-0.1, -0.05) is 47.8 Å². The van der Waals surface area contributed by atoms with Gasteiger partial charge in [0.15, 0.2) is 5.13 Å². The Hall–Kier alpha value is -3.65. The SMILES string of the molecule is CCc1sc(NC(=O)c2cc3cc(OC)ccc3oc2=Nc2ccc(C)cc2)nc1-c1ccc(Cl)cc1Cl. The first-order chi connectivity index (χ1) is 18.3. The van der Waals surface area contributed by atoms with Gasteiger partial charge in [0.05, 0.1) is 23.5 Å². The highest BCUT2D eigenvalue weighted by atomic mass is 35.5. The third-order valence-electron chi connectivity index (χ3n) is 5.89. The topological polar surface area (TPSA) is 76.7 Å². The van der Waals surface area contributed by atoms with Crippen LogP contribution in [0, 0.1) is 6.92 Å². The first kappa shape index (κ1) is 26.0. The maximum absolute atomic E-state index is 13.6. The maximum Gasteiger partial charge on any atom is 0.262 e. The van der Waals surface area contributed by atoms with Crippen LogP contribution in [0.1, 0.15) is 27.7 Å². The summed E-state index contributed by atoms with van der Waals surface area (Å²) in [5.74, 6) is 0.258. The molecule has 0 saturated heterocycles. The first-order valence-corrected chi connectivity index (χ1v) is 13.4. The minimum absolute atomic E-state index is 0.192. The number of nitrogens with zero attached hydrogens (tertiary/aromatic N) is 2. The second kappa shape index (κ2) is 11.0. The molecule has 0 fully saturated rings. The number of nitrogens with one attached hydrogen (secondary N) is 1. The number of carbonyl (C=O) groups excluding carboxylic acids is 1. The van der Waals surface area contributed by atoms with Crippen LogP contribution in [-0.2, 0) is 6.42 Å². The van der Waals surface area contributed by atoms with E-state index in [1.807, 2.05) is 50.2 Å². The van der Waals surface area contributed by atoms with E-state index in [2.05, 4.69) is 10.3 Å². The fraction of sp³-hybridized carbons (Fsp3) is 0.138. The van der Waals surface area contributed by atoms with E-state index in [1.54, 1.807) is 37.4 Å². The van der Waals surface area contributed by atoms with Crippen LogP contribution in [0.25, 0.3) is 22.2 Å². The van der Waals surface area contributed by atoms with E-state index in [4.69, 9.17) is 37.3 Å². The fourth-order valence-electron chi connectivity index (χ4n) is 3.92. The Labute approximate surface area is 233 Å². The summed E-state index contributed by atoms with van der Waals surface area (Å²) in [6, 6.07) is 20.1. The van der Waals surface area contributed by atoms with E-state index in [0.29, 0.717) is 43.3 Å². The fourth-order valence-corrected chi connectivity index (χ4v) is 5.33. The maximum atomic E-state index is 13.6. The molecule has 5 aromatic rings. The zero-order valence-electron chi connectivity index (χ0n) is 20.8. The number of aromatic nitrogens is 1. The molecule has 192 valence electrons. The molecule has 0 saturated carbocycles. The van der Waals surface area contributed by atoms with E-state index >= 15 is 0 Å². The number of amides is 1. The smallest absolute Gasteiger partial charge is 0.262 e. The highest BCUT2D eigenvalue weighted by Gasteiger charge is 2.19. The van der Waals surface area contributed by atoms with Crippen molar-refractivity contribution in [3.05, 3.63) is 98.3 Å². The van der Waals surface area contributed by atoms with Crippen LogP contribution >= 0.6 is 34.5 Å². The van der Waals surface area contributed by atoms with Gasteiger partial charge >= 0.3 is 0 Å². The van der Waals surface area contributed by atoms with Crippen molar-refractivity contribution in [1.82, 2.24) is 4.98 Å². The molecule has 0 spiro atoms. The van der Waals surface area contributed by atoms with Crippen molar-refractivity contribution in [1.29, 1.82) is 0 Å². The van der Waals surface area contributed by atoms with Gasteiger partial charge in [-0.3, -0.25) is 10.1 Å². The molecule has 6 nitrogen and oxygen atoms in total. The number of benzene rings is 3. The molecular weight excluding hydrogens is 541 g/mol. The van der Waals surface area contributed by atoms with E-state index in [9.17, 15) is 4.79 Å². The molecule has 0 aliphatic heterocycles. The molecule has 0 radical (unpaired) electrons. The lowest BCUT2D eigenvalue weighted by atomic mass is 10.1. The minimum Gasteiger partial charge on any atom is -0.497 e. The van der Waals surface area contributed by atoms with Gasteiger partial charge in [0.1, 0.15) is 16.9 Å². The van der Waals surface area contributed by atoms with Gasteiger partial charge in [-0.15, -0.1) is 11.3 Å². The summed E-state index contributed by atoms with van der Waals surface area (Å²) in [6.45, 7) is 4.03. The van der Waals surface area contributed by atoms with Crippen molar-refractivity contribution in [2.24, 2.45) is 4.99 Å². The number of fused-ring (bicyclic) bond motifs is 1. The quantitative estimate of drug-likeness (QED) is 0.225. The van der Waals surface area contributed by atoms with Crippen molar-refractivity contribution < 1.29 is 13.9 Å². The summed E-state index contributed by atoms with van der Waals surface area (Å²) in [6.07, 6.45) is 0.723. The Morgan fingerprint density at radius 1 is 1.08 bits per heavy atom. The van der Waals surface area contributed by atoms with Crippen molar-refractivity contribution in [3.8, 4) is 17.0 Å². The van der Waals surface area contributed by atoms with Gasteiger partial charge in [0.25, 0.3) is 5.91 Å². The third-order valence-corrected chi connectivity index (χ3v) is 7.55. The highest BCUT2D eigenvalue weighted by molar-refractivity contribution is 7.16. The summed E-state index contributed by atoms with van der Waals surface area (Å²) in [5, 5.41) is 5.12. The number of ether oxygens (including phenoxy) is 1. The molecule has 1 amide bonds.